The second-order valence-electron chi connectivity index (χ2n) is 6.48. The van der Waals surface area contributed by atoms with E-state index in [9.17, 15) is 4.79 Å². The van der Waals surface area contributed by atoms with Crippen LogP contribution in [0.15, 0.2) is 60.7 Å². The summed E-state index contributed by atoms with van der Waals surface area (Å²) in [7, 11) is 0. The maximum absolute atomic E-state index is 12.6. The molecule has 0 unspecified atom stereocenters. The maximum atomic E-state index is 12.6. The lowest BCUT2D eigenvalue weighted by Crippen LogP contribution is -2.30. The summed E-state index contributed by atoms with van der Waals surface area (Å²) in [6.07, 6.45) is 1.24. The van der Waals surface area contributed by atoms with Crippen molar-refractivity contribution in [3.05, 3.63) is 77.6 Å². The quantitative estimate of drug-likeness (QED) is 0.659. The summed E-state index contributed by atoms with van der Waals surface area (Å²) in [5.41, 5.74) is 5.29. The van der Waals surface area contributed by atoms with E-state index < -0.39 is 0 Å². The van der Waals surface area contributed by atoms with Crippen molar-refractivity contribution in [3.63, 3.8) is 0 Å². The van der Waals surface area contributed by atoms with Crippen LogP contribution in [0, 0.1) is 13.8 Å². The molecule has 3 rings (SSSR count). The van der Waals surface area contributed by atoms with Gasteiger partial charge in [-0.3, -0.25) is 4.79 Å². The maximum Gasteiger partial charge on any atom is 0.227 e. The molecule has 1 amide bonds. The molecule has 0 aliphatic carbocycles. The van der Waals surface area contributed by atoms with E-state index in [2.05, 4.69) is 42.4 Å². The summed E-state index contributed by atoms with van der Waals surface area (Å²) < 4.78 is 1.94. The first-order valence-electron chi connectivity index (χ1n) is 9.06. The van der Waals surface area contributed by atoms with E-state index in [1.807, 2.05) is 53.8 Å². The Morgan fingerprint density at radius 1 is 1.04 bits per heavy atom. The standard InChI is InChI=1S/C22H25N3O/c1-4-24(20-8-6-5-7-9-20)22(26)15-12-19-10-13-21(14-11-19)25-18(3)16-17(2)23-25/h5-11,13-14,16H,4,12,15H2,1-3H3. The predicted octanol–water partition coefficient (Wildman–Crippen LogP) is 4.47. The molecule has 0 fully saturated rings. The Hall–Kier alpha value is -2.88. The molecule has 3 aromatic rings. The second-order valence-corrected chi connectivity index (χ2v) is 6.48. The lowest BCUT2D eigenvalue weighted by atomic mass is 10.1. The van der Waals surface area contributed by atoms with Gasteiger partial charge in [-0.05, 0) is 63.1 Å². The summed E-state index contributed by atoms with van der Waals surface area (Å²) >= 11 is 0. The number of rotatable bonds is 6. The number of carbonyl (C=O) groups is 1. The molecule has 2 aromatic carbocycles. The summed E-state index contributed by atoms with van der Waals surface area (Å²) in [4.78, 5) is 14.4. The molecule has 4 heteroatoms. The fourth-order valence-electron chi connectivity index (χ4n) is 3.19. The van der Waals surface area contributed by atoms with Crippen LogP contribution in [-0.4, -0.2) is 22.2 Å². The van der Waals surface area contributed by atoms with Gasteiger partial charge >= 0.3 is 0 Å². The average molecular weight is 347 g/mol. The Bertz CT molecular complexity index is 866. The zero-order chi connectivity index (χ0) is 18.5. The number of aryl methyl sites for hydroxylation is 3. The number of nitrogens with zero attached hydrogens (tertiary/aromatic N) is 3. The van der Waals surface area contributed by atoms with E-state index in [-0.39, 0.29) is 5.91 Å². The molecule has 0 saturated carbocycles. The van der Waals surface area contributed by atoms with Gasteiger partial charge in [-0.25, -0.2) is 4.68 Å². The van der Waals surface area contributed by atoms with Gasteiger partial charge in [0, 0.05) is 24.3 Å². The molecule has 4 nitrogen and oxygen atoms in total. The number of amides is 1. The molecule has 0 N–H and O–H groups in total. The van der Waals surface area contributed by atoms with Crippen LogP contribution in [0.4, 0.5) is 5.69 Å². The van der Waals surface area contributed by atoms with Crippen molar-refractivity contribution in [2.75, 3.05) is 11.4 Å². The first-order chi connectivity index (χ1) is 12.6. The van der Waals surface area contributed by atoms with Gasteiger partial charge < -0.3 is 4.90 Å². The first kappa shape index (κ1) is 17.9. The minimum absolute atomic E-state index is 0.154. The first-order valence-corrected chi connectivity index (χ1v) is 9.06. The van der Waals surface area contributed by atoms with Crippen LogP contribution in [0.1, 0.15) is 30.3 Å². The van der Waals surface area contributed by atoms with E-state index in [1.54, 1.807) is 0 Å². The number of aromatic nitrogens is 2. The SMILES string of the molecule is CCN(C(=O)CCc1ccc(-n2nc(C)cc2C)cc1)c1ccccc1. The average Bonchev–Trinajstić information content (AvgIpc) is 3.00. The molecular weight excluding hydrogens is 322 g/mol. The highest BCUT2D eigenvalue weighted by molar-refractivity contribution is 5.93. The summed E-state index contributed by atoms with van der Waals surface area (Å²) in [5, 5.41) is 4.51. The Kier molecular flexibility index (Phi) is 5.52. The molecule has 1 heterocycles. The third-order valence-electron chi connectivity index (χ3n) is 4.50. The topological polar surface area (TPSA) is 38.1 Å². The fourth-order valence-corrected chi connectivity index (χ4v) is 3.19. The van der Waals surface area contributed by atoms with Crippen LogP contribution in [0.5, 0.6) is 0 Å². The van der Waals surface area contributed by atoms with Crippen LogP contribution in [-0.2, 0) is 11.2 Å². The van der Waals surface area contributed by atoms with Gasteiger partial charge in [0.05, 0.1) is 11.4 Å². The molecule has 1 aromatic heterocycles. The zero-order valence-corrected chi connectivity index (χ0v) is 15.6. The highest BCUT2D eigenvalue weighted by atomic mass is 16.2. The van der Waals surface area contributed by atoms with Gasteiger partial charge in [0.1, 0.15) is 0 Å². The minimum atomic E-state index is 0.154. The molecule has 0 spiro atoms. The second kappa shape index (κ2) is 8.00. The van der Waals surface area contributed by atoms with Crippen LogP contribution >= 0.6 is 0 Å². The number of hydrogen-bond acceptors (Lipinski definition) is 2. The summed E-state index contributed by atoms with van der Waals surface area (Å²) in [6, 6.07) is 20.2. The van der Waals surface area contributed by atoms with Crippen molar-refractivity contribution in [1.29, 1.82) is 0 Å². The van der Waals surface area contributed by atoms with Gasteiger partial charge in [-0.2, -0.15) is 5.10 Å². The number of anilines is 1. The van der Waals surface area contributed by atoms with Crippen LogP contribution in [0.3, 0.4) is 0 Å². The van der Waals surface area contributed by atoms with E-state index in [1.165, 1.54) is 0 Å². The van der Waals surface area contributed by atoms with Gasteiger partial charge in [0.15, 0.2) is 0 Å². The Balaban J connectivity index is 1.64. The molecule has 26 heavy (non-hydrogen) atoms. The van der Waals surface area contributed by atoms with Crippen molar-refractivity contribution >= 4 is 11.6 Å². The third-order valence-corrected chi connectivity index (χ3v) is 4.50. The molecule has 0 atom stereocenters. The smallest absolute Gasteiger partial charge is 0.227 e. The van der Waals surface area contributed by atoms with Crippen molar-refractivity contribution < 1.29 is 4.79 Å². The molecule has 0 aliphatic rings. The largest absolute Gasteiger partial charge is 0.313 e. The lowest BCUT2D eigenvalue weighted by Gasteiger charge is -2.21. The number of benzene rings is 2. The van der Waals surface area contributed by atoms with Gasteiger partial charge in [-0.1, -0.05) is 30.3 Å². The molecular formula is C22H25N3O. The van der Waals surface area contributed by atoms with Crippen molar-refractivity contribution in [2.45, 2.75) is 33.6 Å². The Morgan fingerprint density at radius 2 is 1.73 bits per heavy atom. The predicted molar refractivity (Wildman–Crippen MR) is 106 cm³/mol. The van der Waals surface area contributed by atoms with E-state index >= 15 is 0 Å². The minimum Gasteiger partial charge on any atom is -0.313 e. The fraction of sp³-hybridized carbons (Fsp3) is 0.273. The summed E-state index contributed by atoms with van der Waals surface area (Å²) in [5.74, 6) is 0.154. The monoisotopic (exact) mass is 347 g/mol. The van der Waals surface area contributed by atoms with Crippen LogP contribution in [0.25, 0.3) is 5.69 Å². The molecule has 0 radical (unpaired) electrons. The van der Waals surface area contributed by atoms with E-state index in [0.717, 1.165) is 34.7 Å². The Morgan fingerprint density at radius 3 is 2.31 bits per heavy atom. The molecule has 0 saturated heterocycles. The normalized spacial score (nSPS) is 10.7. The third kappa shape index (κ3) is 4.02. The molecule has 0 bridgehead atoms. The zero-order valence-electron chi connectivity index (χ0n) is 15.6. The lowest BCUT2D eigenvalue weighted by molar-refractivity contribution is -0.118. The number of para-hydroxylation sites is 1. The highest BCUT2D eigenvalue weighted by Crippen LogP contribution is 2.17. The van der Waals surface area contributed by atoms with E-state index in [0.29, 0.717) is 13.0 Å². The van der Waals surface area contributed by atoms with E-state index in [4.69, 9.17) is 0 Å². The van der Waals surface area contributed by atoms with Crippen molar-refractivity contribution in [2.24, 2.45) is 0 Å². The van der Waals surface area contributed by atoms with Crippen LogP contribution < -0.4 is 4.90 Å². The van der Waals surface area contributed by atoms with Crippen molar-refractivity contribution in [3.8, 4) is 5.69 Å². The number of hydrogen-bond donors (Lipinski definition) is 0. The van der Waals surface area contributed by atoms with Gasteiger partial charge in [0.25, 0.3) is 0 Å². The van der Waals surface area contributed by atoms with Gasteiger partial charge in [-0.15, -0.1) is 0 Å². The highest BCUT2D eigenvalue weighted by Gasteiger charge is 2.13. The Labute approximate surface area is 155 Å². The summed E-state index contributed by atoms with van der Waals surface area (Å²) in [6.45, 7) is 6.74. The van der Waals surface area contributed by atoms with Crippen LogP contribution in [0.2, 0.25) is 0 Å². The van der Waals surface area contributed by atoms with Gasteiger partial charge in [0.2, 0.25) is 5.91 Å². The van der Waals surface area contributed by atoms with Crippen molar-refractivity contribution in [1.82, 2.24) is 9.78 Å². The molecule has 0 aliphatic heterocycles. The molecule has 134 valence electrons. The number of carbonyl (C=O) groups excluding carboxylic acids is 1.